The number of ether oxygens (including phenoxy) is 1. The maximum Gasteiger partial charge on any atom is 0.318 e. The van der Waals surface area contributed by atoms with Crippen LogP contribution in [0.5, 0.6) is 5.75 Å². The van der Waals surface area contributed by atoms with E-state index in [1.165, 1.54) is 0 Å². The second kappa shape index (κ2) is 8.49. The minimum Gasteiger partial charge on any atom is -0.497 e. The van der Waals surface area contributed by atoms with E-state index in [1.54, 1.807) is 7.11 Å². The van der Waals surface area contributed by atoms with Crippen LogP contribution in [0, 0.1) is 6.92 Å². The zero-order chi connectivity index (χ0) is 21.1. The van der Waals surface area contributed by atoms with Gasteiger partial charge in [0.25, 0.3) is 0 Å². The number of imide groups is 1. The molecule has 0 spiro atoms. The lowest BCUT2D eigenvalue weighted by Crippen LogP contribution is -2.68. The van der Waals surface area contributed by atoms with Gasteiger partial charge in [0.15, 0.2) is 0 Å². The number of carbonyl (C=O) groups excluding carboxylic acids is 2. The van der Waals surface area contributed by atoms with Crippen LogP contribution >= 0.6 is 0 Å². The summed E-state index contributed by atoms with van der Waals surface area (Å²) in [5.41, 5.74) is 4.98. The molecule has 1 fully saturated rings. The zero-order valence-corrected chi connectivity index (χ0v) is 17.5. The average molecular weight is 392 g/mol. The summed E-state index contributed by atoms with van der Waals surface area (Å²) < 4.78 is 5.42. The molecule has 28 heavy (non-hydrogen) atoms. The fourth-order valence-electron chi connectivity index (χ4n) is 4.77. The van der Waals surface area contributed by atoms with Crippen molar-refractivity contribution in [3.63, 3.8) is 0 Å². The molecule has 1 aromatic rings. The fraction of sp³-hybridized carbons (Fsp3) is 0.619. The normalized spacial score (nSPS) is 28.0. The van der Waals surface area contributed by atoms with Crippen LogP contribution in [-0.2, 0) is 10.2 Å². The van der Waals surface area contributed by atoms with Crippen LogP contribution in [0.25, 0.3) is 0 Å². The lowest BCUT2D eigenvalue weighted by molar-refractivity contribution is -0.147. The van der Waals surface area contributed by atoms with Crippen LogP contribution < -0.4 is 15.8 Å². The van der Waals surface area contributed by atoms with E-state index in [4.69, 9.17) is 10.5 Å². The highest BCUT2D eigenvalue weighted by atomic mass is 16.5. The van der Waals surface area contributed by atoms with Gasteiger partial charge >= 0.3 is 6.03 Å². The topological polar surface area (TPSA) is 105 Å². The monoisotopic (exact) mass is 391 g/mol. The minimum absolute atomic E-state index is 0.0291. The number of piperidine rings is 1. The van der Waals surface area contributed by atoms with Crippen molar-refractivity contribution in [2.45, 2.75) is 63.5 Å². The Kier molecular flexibility index (Phi) is 6.72. The number of aryl methyl sites for hydroxylation is 1. The number of hydrogen-bond acceptors (Lipinski definition) is 5. The number of aliphatic hydroxyl groups is 1. The average Bonchev–Trinajstić information content (AvgIpc) is 2.63. The number of urea groups is 1. The molecule has 0 aromatic heterocycles. The summed E-state index contributed by atoms with van der Waals surface area (Å²) in [5.74, 6) is 0.182. The minimum atomic E-state index is -1.17. The van der Waals surface area contributed by atoms with Crippen LogP contribution in [0.15, 0.2) is 18.2 Å². The van der Waals surface area contributed by atoms with Gasteiger partial charge in [-0.3, -0.25) is 10.1 Å². The number of nitrogens with one attached hydrogen (secondary N) is 1. The molecule has 0 radical (unpaired) electrons. The fourth-order valence-corrected chi connectivity index (χ4v) is 4.77. The first-order chi connectivity index (χ1) is 13.1. The van der Waals surface area contributed by atoms with E-state index in [0.717, 1.165) is 17.5 Å². The van der Waals surface area contributed by atoms with Crippen molar-refractivity contribution in [3.05, 3.63) is 29.3 Å². The molecule has 3 amide bonds. The van der Waals surface area contributed by atoms with Crippen LogP contribution in [0.2, 0.25) is 0 Å². The summed E-state index contributed by atoms with van der Waals surface area (Å²) in [6, 6.07) is 4.66. The van der Waals surface area contributed by atoms with Gasteiger partial charge in [-0.25, -0.2) is 4.79 Å². The molecule has 2 unspecified atom stereocenters. The van der Waals surface area contributed by atoms with E-state index in [-0.39, 0.29) is 12.5 Å². The Hall–Kier alpha value is -2.12. The molecule has 4 N–H and O–H groups in total. The van der Waals surface area contributed by atoms with E-state index in [1.807, 2.05) is 46.0 Å². The number of nitrogens with zero attached hydrogens (tertiary/aromatic N) is 1. The number of carbonyl (C=O) groups is 2. The largest absolute Gasteiger partial charge is 0.497 e. The van der Waals surface area contributed by atoms with E-state index in [0.29, 0.717) is 25.1 Å². The van der Waals surface area contributed by atoms with Gasteiger partial charge in [-0.1, -0.05) is 19.4 Å². The third-order valence-corrected chi connectivity index (χ3v) is 6.39. The van der Waals surface area contributed by atoms with Crippen LogP contribution in [0.1, 0.15) is 50.7 Å². The van der Waals surface area contributed by atoms with Crippen molar-refractivity contribution >= 4 is 11.9 Å². The number of hydrogen-bond donors (Lipinski definition) is 3. The predicted octanol–water partition coefficient (Wildman–Crippen LogP) is 2.08. The SMILES string of the molecule is CCCC1(O)C(C)N(C)CC[C@@]1(CC(=O)NC(N)=O)c1cc(OC)ccc1C. The molecular formula is C21H33N3O4. The Labute approximate surface area is 167 Å². The number of amides is 3. The number of likely N-dealkylation sites (tertiary alicyclic amines) is 1. The molecule has 7 nitrogen and oxygen atoms in total. The number of primary amides is 1. The van der Waals surface area contributed by atoms with Gasteiger partial charge < -0.3 is 20.5 Å². The molecule has 1 saturated heterocycles. The number of nitrogens with two attached hydrogens (primary N) is 1. The summed E-state index contributed by atoms with van der Waals surface area (Å²) >= 11 is 0. The molecule has 3 atom stereocenters. The third-order valence-electron chi connectivity index (χ3n) is 6.39. The van der Waals surface area contributed by atoms with Crippen molar-refractivity contribution in [2.24, 2.45) is 5.73 Å². The third kappa shape index (κ3) is 3.86. The summed E-state index contributed by atoms with van der Waals surface area (Å²) in [4.78, 5) is 26.1. The maximum atomic E-state index is 12.7. The number of likely N-dealkylation sites (N-methyl/N-ethyl adjacent to an activating group) is 1. The first-order valence-electron chi connectivity index (χ1n) is 9.78. The Morgan fingerprint density at radius 3 is 2.68 bits per heavy atom. The van der Waals surface area contributed by atoms with Gasteiger partial charge in [-0.05, 0) is 63.5 Å². The Morgan fingerprint density at radius 2 is 2.11 bits per heavy atom. The lowest BCUT2D eigenvalue weighted by Gasteiger charge is -2.57. The summed E-state index contributed by atoms with van der Waals surface area (Å²) in [6.07, 6.45) is 1.83. The van der Waals surface area contributed by atoms with Gasteiger partial charge in [-0.2, -0.15) is 0 Å². The van der Waals surface area contributed by atoms with Gasteiger partial charge in [-0.15, -0.1) is 0 Å². The molecule has 0 saturated carbocycles. The number of methoxy groups -OCH3 is 1. The second-order valence-electron chi connectivity index (χ2n) is 7.93. The summed E-state index contributed by atoms with van der Waals surface area (Å²) in [6.45, 7) is 6.70. The molecule has 1 aliphatic rings. The summed E-state index contributed by atoms with van der Waals surface area (Å²) in [7, 11) is 3.58. The highest BCUT2D eigenvalue weighted by molar-refractivity contribution is 5.94. The van der Waals surface area contributed by atoms with Crippen molar-refractivity contribution < 1.29 is 19.4 Å². The van der Waals surface area contributed by atoms with Crippen molar-refractivity contribution in [2.75, 3.05) is 20.7 Å². The number of benzene rings is 1. The zero-order valence-electron chi connectivity index (χ0n) is 17.5. The molecule has 7 heteroatoms. The molecule has 156 valence electrons. The predicted molar refractivity (Wildman–Crippen MR) is 108 cm³/mol. The van der Waals surface area contributed by atoms with E-state index < -0.39 is 23.0 Å². The Bertz CT molecular complexity index is 738. The van der Waals surface area contributed by atoms with Gasteiger partial charge in [0, 0.05) is 17.9 Å². The molecule has 1 aromatic carbocycles. The Morgan fingerprint density at radius 1 is 1.43 bits per heavy atom. The molecule has 0 aliphatic carbocycles. The van der Waals surface area contributed by atoms with Gasteiger partial charge in [0.1, 0.15) is 5.75 Å². The first kappa shape index (κ1) is 22.2. The van der Waals surface area contributed by atoms with Crippen molar-refractivity contribution in [1.29, 1.82) is 0 Å². The first-order valence-corrected chi connectivity index (χ1v) is 9.78. The van der Waals surface area contributed by atoms with Crippen LogP contribution in [0.3, 0.4) is 0 Å². The molecule has 1 heterocycles. The van der Waals surface area contributed by atoms with Crippen LogP contribution in [-0.4, -0.2) is 54.3 Å². The smallest absolute Gasteiger partial charge is 0.318 e. The molecule has 1 aliphatic heterocycles. The van der Waals surface area contributed by atoms with Crippen LogP contribution in [0.4, 0.5) is 4.79 Å². The quantitative estimate of drug-likeness (QED) is 0.689. The van der Waals surface area contributed by atoms with E-state index in [9.17, 15) is 14.7 Å². The van der Waals surface area contributed by atoms with E-state index >= 15 is 0 Å². The second-order valence-corrected chi connectivity index (χ2v) is 7.93. The highest BCUT2D eigenvalue weighted by Gasteiger charge is 2.58. The van der Waals surface area contributed by atoms with Crippen molar-refractivity contribution in [3.8, 4) is 5.75 Å². The Balaban J connectivity index is 2.71. The summed E-state index contributed by atoms with van der Waals surface area (Å²) in [5, 5.41) is 14.2. The number of rotatable bonds is 6. The standard InChI is InChI=1S/C21H33N3O4/c1-6-9-21(27)15(3)24(4)11-10-20(21,13-18(25)23-19(22)26)17-12-16(28-5)8-7-14(17)2/h7-8,12,15,27H,6,9-11,13H2,1-5H3,(H3,22,23,25,26)/t15?,20-,21?/m1/s1. The maximum absolute atomic E-state index is 12.7. The molecular weight excluding hydrogens is 358 g/mol. The van der Waals surface area contributed by atoms with Gasteiger partial charge in [0.05, 0.1) is 12.7 Å². The lowest BCUT2D eigenvalue weighted by atomic mass is 9.56. The van der Waals surface area contributed by atoms with Gasteiger partial charge in [0.2, 0.25) is 5.91 Å². The van der Waals surface area contributed by atoms with Crippen molar-refractivity contribution in [1.82, 2.24) is 10.2 Å². The molecule has 0 bridgehead atoms. The highest BCUT2D eigenvalue weighted by Crippen LogP contribution is 2.51. The molecule has 2 rings (SSSR count). The van der Waals surface area contributed by atoms with E-state index in [2.05, 4.69) is 10.2 Å².